The van der Waals surface area contributed by atoms with E-state index in [0.717, 1.165) is 22.5 Å². The van der Waals surface area contributed by atoms with Crippen LogP contribution in [0.5, 0.6) is 0 Å². The van der Waals surface area contributed by atoms with Crippen molar-refractivity contribution in [3.63, 3.8) is 0 Å². The predicted octanol–water partition coefficient (Wildman–Crippen LogP) is 6.49. The summed E-state index contributed by atoms with van der Waals surface area (Å²) >= 11 is 6.44. The molecule has 0 bridgehead atoms. The standard InChI is InChI=1S/C27H29ClN6O2/c1-26(2,3)36-25(35)33-27(4,5)19-8-6-18(7-9-19)23-22(28)16-30-24(32-23)31-20-10-12-21(13-11-20)34-15-14-29-17-34/h6-17H,1-5H3,(H,33,35)(H,30,31,32). The van der Waals surface area contributed by atoms with Gasteiger partial charge < -0.3 is 19.9 Å². The highest BCUT2D eigenvalue weighted by Crippen LogP contribution is 2.30. The molecule has 0 aliphatic carbocycles. The number of nitrogens with one attached hydrogen (secondary N) is 2. The third kappa shape index (κ3) is 6.20. The first kappa shape index (κ1) is 25.2. The Kier molecular flexibility index (Phi) is 6.99. The van der Waals surface area contributed by atoms with Crippen molar-refractivity contribution in [2.75, 3.05) is 5.32 Å². The minimum absolute atomic E-state index is 0.431. The number of hydrogen-bond donors (Lipinski definition) is 2. The molecule has 0 unspecified atom stereocenters. The molecule has 2 heterocycles. The van der Waals surface area contributed by atoms with Gasteiger partial charge in [0, 0.05) is 29.3 Å². The SMILES string of the molecule is CC(C)(C)OC(=O)NC(C)(C)c1ccc(-c2nc(Nc3ccc(-n4ccnc4)cc3)ncc2Cl)cc1. The Labute approximate surface area is 215 Å². The average Bonchev–Trinajstić information content (AvgIpc) is 3.34. The Hall–Kier alpha value is -3.91. The minimum Gasteiger partial charge on any atom is -0.444 e. The predicted molar refractivity (Wildman–Crippen MR) is 142 cm³/mol. The van der Waals surface area contributed by atoms with Crippen molar-refractivity contribution >= 4 is 29.3 Å². The lowest BCUT2D eigenvalue weighted by Gasteiger charge is -2.29. The Morgan fingerprint density at radius 2 is 1.69 bits per heavy atom. The number of alkyl carbamates (subject to hydrolysis) is 1. The van der Waals surface area contributed by atoms with E-state index >= 15 is 0 Å². The fourth-order valence-corrected chi connectivity index (χ4v) is 3.76. The van der Waals surface area contributed by atoms with Crippen LogP contribution in [0.15, 0.2) is 73.4 Å². The number of rotatable bonds is 6. The summed E-state index contributed by atoms with van der Waals surface area (Å²) in [4.78, 5) is 25.3. The second-order valence-electron chi connectivity index (χ2n) is 9.86. The topological polar surface area (TPSA) is 94.0 Å². The minimum atomic E-state index is -0.633. The third-order valence-corrected chi connectivity index (χ3v) is 5.64. The zero-order valence-corrected chi connectivity index (χ0v) is 21.7. The molecule has 4 rings (SSSR count). The van der Waals surface area contributed by atoms with Crippen LogP contribution in [0, 0.1) is 0 Å². The molecule has 0 atom stereocenters. The third-order valence-electron chi connectivity index (χ3n) is 5.36. The summed E-state index contributed by atoms with van der Waals surface area (Å²) in [5.41, 5.74) is 3.00. The van der Waals surface area contributed by atoms with E-state index in [9.17, 15) is 4.79 Å². The number of carbonyl (C=O) groups excluding carboxylic acids is 1. The first-order chi connectivity index (χ1) is 17.0. The van der Waals surface area contributed by atoms with Crippen LogP contribution >= 0.6 is 11.6 Å². The van der Waals surface area contributed by atoms with E-state index < -0.39 is 17.2 Å². The molecular formula is C27H29ClN6O2. The quantitative estimate of drug-likeness (QED) is 0.312. The first-order valence-electron chi connectivity index (χ1n) is 11.5. The second-order valence-corrected chi connectivity index (χ2v) is 10.3. The molecule has 186 valence electrons. The van der Waals surface area contributed by atoms with Crippen LogP contribution in [0.4, 0.5) is 16.4 Å². The molecule has 2 aromatic heterocycles. The number of nitrogens with zero attached hydrogens (tertiary/aromatic N) is 4. The Morgan fingerprint density at radius 1 is 1.00 bits per heavy atom. The van der Waals surface area contributed by atoms with Crippen molar-refractivity contribution in [1.82, 2.24) is 24.8 Å². The molecular weight excluding hydrogens is 476 g/mol. The molecule has 36 heavy (non-hydrogen) atoms. The number of amides is 1. The van der Waals surface area contributed by atoms with Crippen molar-refractivity contribution < 1.29 is 9.53 Å². The van der Waals surface area contributed by atoms with Crippen molar-refractivity contribution in [2.45, 2.75) is 45.8 Å². The van der Waals surface area contributed by atoms with Crippen LogP contribution in [0.25, 0.3) is 16.9 Å². The largest absolute Gasteiger partial charge is 0.444 e. The highest BCUT2D eigenvalue weighted by atomic mass is 35.5. The molecule has 1 amide bonds. The number of benzene rings is 2. The summed E-state index contributed by atoms with van der Waals surface area (Å²) in [5.74, 6) is 0.431. The maximum absolute atomic E-state index is 12.3. The van der Waals surface area contributed by atoms with Crippen LogP contribution in [0.3, 0.4) is 0 Å². The summed E-state index contributed by atoms with van der Waals surface area (Å²) in [6.07, 6.45) is 6.48. The van der Waals surface area contributed by atoms with Gasteiger partial charge in [0.1, 0.15) is 5.60 Å². The van der Waals surface area contributed by atoms with Crippen LogP contribution in [-0.2, 0) is 10.3 Å². The number of imidazole rings is 1. The Morgan fingerprint density at radius 3 is 2.31 bits per heavy atom. The highest BCUT2D eigenvalue weighted by molar-refractivity contribution is 6.32. The maximum atomic E-state index is 12.3. The van der Waals surface area contributed by atoms with Crippen LogP contribution in [-0.4, -0.2) is 31.2 Å². The zero-order valence-electron chi connectivity index (χ0n) is 20.9. The normalized spacial score (nSPS) is 11.7. The summed E-state index contributed by atoms with van der Waals surface area (Å²) in [5, 5.41) is 6.58. The number of anilines is 2. The van der Waals surface area contributed by atoms with Crippen molar-refractivity contribution in [3.05, 3.63) is 84.0 Å². The molecule has 4 aromatic rings. The Bertz CT molecular complexity index is 1330. The summed E-state index contributed by atoms with van der Waals surface area (Å²) < 4.78 is 7.32. The number of ether oxygens (including phenoxy) is 1. The fourth-order valence-electron chi connectivity index (χ4n) is 3.56. The van der Waals surface area contributed by atoms with Gasteiger partial charge in [0.05, 0.1) is 28.8 Å². The zero-order chi connectivity index (χ0) is 25.9. The van der Waals surface area contributed by atoms with Gasteiger partial charge >= 0.3 is 6.09 Å². The van der Waals surface area contributed by atoms with E-state index in [0.29, 0.717) is 16.7 Å². The van der Waals surface area contributed by atoms with Crippen molar-refractivity contribution in [3.8, 4) is 16.9 Å². The van der Waals surface area contributed by atoms with E-state index in [1.165, 1.54) is 0 Å². The van der Waals surface area contributed by atoms with Gasteiger partial charge in [0.2, 0.25) is 5.95 Å². The summed E-state index contributed by atoms with van der Waals surface area (Å²) in [6, 6.07) is 15.6. The van der Waals surface area contributed by atoms with Gasteiger partial charge in [-0.3, -0.25) is 0 Å². The summed E-state index contributed by atoms with van der Waals surface area (Å²) in [7, 11) is 0. The molecule has 2 aromatic carbocycles. The molecule has 0 aliphatic heterocycles. The van der Waals surface area contributed by atoms with E-state index in [-0.39, 0.29) is 0 Å². The fraction of sp³-hybridized carbons (Fsp3) is 0.259. The van der Waals surface area contributed by atoms with Gasteiger partial charge in [-0.25, -0.2) is 19.7 Å². The van der Waals surface area contributed by atoms with Crippen LogP contribution < -0.4 is 10.6 Å². The maximum Gasteiger partial charge on any atom is 0.408 e. The van der Waals surface area contributed by atoms with E-state index in [1.54, 1.807) is 18.7 Å². The van der Waals surface area contributed by atoms with Gasteiger partial charge in [-0.15, -0.1) is 0 Å². The van der Waals surface area contributed by atoms with Gasteiger partial charge in [-0.2, -0.15) is 0 Å². The second kappa shape index (κ2) is 9.99. The summed E-state index contributed by atoms with van der Waals surface area (Å²) in [6.45, 7) is 9.34. The van der Waals surface area contributed by atoms with Gasteiger partial charge in [0.25, 0.3) is 0 Å². The highest BCUT2D eigenvalue weighted by Gasteiger charge is 2.26. The molecule has 0 saturated heterocycles. The van der Waals surface area contributed by atoms with E-state index in [2.05, 4.69) is 25.6 Å². The number of aromatic nitrogens is 4. The van der Waals surface area contributed by atoms with E-state index in [4.69, 9.17) is 16.3 Å². The number of halogens is 1. The lowest BCUT2D eigenvalue weighted by Crippen LogP contribution is -2.43. The smallest absolute Gasteiger partial charge is 0.408 e. The molecule has 0 aliphatic rings. The lowest BCUT2D eigenvalue weighted by molar-refractivity contribution is 0.0470. The number of hydrogen-bond acceptors (Lipinski definition) is 6. The van der Waals surface area contributed by atoms with Gasteiger partial charge in [-0.1, -0.05) is 35.9 Å². The molecule has 0 saturated carbocycles. The molecule has 0 spiro atoms. The average molecular weight is 505 g/mol. The van der Waals surface area contributed by atoms with Crippen LogP contribution in [0.1, 0.15) is 40.2 Å². The molecule has 8 nitrogen and oxygen atoms in total. The monoisotopic (exact) mass is 504 g/mol. The lowest BCUT2D eigenvalue weighted by atomic mass is 9.93. The van der Waals surface area contributed by atoms with Crippen LogP contribution in [0.2, 0.25) is 5.02 Å². The Balaban J connectivity index is 1.49. The van der Waals surface area contributed by atoms with Crippen molar-refractivity contribution in [2.24, 2.45) is 0 Å². The van der Waals surface area contributed by atoms with Gasteiger partial charge in [0.15, 0.2) is 0 Å². The first-order valence-corrected chi connectivity index (χ1v) is 11.9. The van der Waals surface area contributed by atoms with Crippen molar-refractivity contribution in [1.29, 1.82) is 0 Å². The molecule has 2 N–H and O–H groups in total. The number of carbonyl (C=O) groups is 1. The molecule has 0 radical (unpaired) electrons. The molecule has 0 fully saturated rings. The van der Waals surface area contributed by atoms with E-state index in [1.807, 2.05) is 93.9 Å². The molecule has 9 heteroatoms. The van der Waals surface area contributed by atoms with Gasteiger partial charge in [-0.05, 0) is 64.4 Å².